The summed E-state index contributed by atoms with van der Waals surface area (Å²) in [6.45, 7) is 6.70. The van der Waals surface area contributed by atoms with Gasteiger partial charge < -0.3 is 14.0 Å². The fraction of sp³-hybridized carbons (Fsp3) is 0.500. The molecule has 0 aliphatic carbocycles. The molecule has 2 heterocycles. The summed E-state index contributed by atoms with van der Waals surface area (Å²) in [7, 11) is -4.02. The molecule has 34 heavy (non-hydrogen) atoms. The van der Waals surface area contributed by atoms with Crippen LogP contribution in [-0.4, -0.2) is 40.4 Å². The maximum Gasteiger partial charge on any atom is 0.459 e. The fourth-order valence-electron chi connectivity index (χ4n) is 3.51. The highest BCUT2D eigenvalue weighted by Gasteiger charge is 2.38. The molecule has 1 saturated heterocycles. The van der Waals surface area contributed by atoms with Crippen molar-refractivity contribution in [3.05, 3.63) is 63.4 Å². The van der Waals surface area contributed by atoms with Crippen molar-refractivity contribution < 1.29 is 27.9 Å². The first kappa shape index (κ1) is 25.9. The van der Waals surface area contributed by atoms with E-state index in [4.69, 9.17) is 18.5 Å². The van der Waals surface area contributed by atoms with Gasteiger partial charge in [-0.3, -0.25) is 23.7 Å². The van der Waals surface area contributed by atoms with Crippen molar-refractivity contribution in [1.82, 2.24) is 14.6 Å². The number of aromatic nitrogens is 2. The molecule has 0 saturated carbocycles. The van der Waals surface area contributed by atoms with Gasteiger partial charge in [-0.05, 0) is 39.3 Å². The first-order valence-electron chi connectivity index (χ1n) is 11.0. The molecule has 5 atom stereocenters. The highest BCUT2D eigenvalue weighted by atomic mass is 31.2. The summed E-state index contributed by atoms with van der Waals surface area (Å²) in [5, 5.41) is 2.63. The van der Waals surface area contributed by atoms with Gasteiger partial charge in [0, 0.05) is 18.2 Å². The van der Waals surface area contributed by atoms with E-state index < -0.39 is 43.3 Å². The summed E-state index contributed by atoms with van der Waals surface area (Å²) in [6, 6.07) is 8.71. The van der Waals surface area contributed by atoms with Crippen LogP contribution in [0.2, 0.25) is 0 Å². The molecular weight excluding hydrogens is 465 g/mol. The Morgan fingerprint density at radius 2 is 1.94 bits per heavy atom. The number of para-hydroxylation sites is 1. The van der Waals surface area contributed by atoms with Crippen LogP contribution in [0.15, 0.2) is 52.2 Å². The van der Waals surface area contributed by atoms with Gasteiger partial charge in [0.2, 0.25) is 0 Å². The molecule has 186 valence electrons. The van der Waals surface area contributed by atoms with Gasteiger partial charge in [0.15, 0.2) is 0 Å². The van der Waals surface area contributed by atoms with Gasteiger partial charge in [0.1, 0.15) is 18.0 Å². The van der Waals surface area contributed by atoms with E-state index in [9.17, 15) is 18.9 Å². The lowest BCUT2D eigenvalue weighted by Crippen LogP contribution is -2.36. The van der Waals surface area contributed by atoms with Crippen molar-refractivity contribution in [3.63, 3.8) is 0 Å². The van der Waals surface area contributed by atoms with Crippen LogP contribution in [0.3, 0.4) is 0 Å². The number of ether oxygens (including phenoxy) is 2. The second-order valence-electron chi connectivity index (χ2n) is 8.41. The number of H-pyrrole nitrogens is 1. The first-order valence-corrected chi connectivity index (χ1v) is 12.5. The van der Waals surface area contributed by atoms with Crippen LogP contribution in [-0.2, 0) is 23.4 Å². The minimum absolute atomic E-state index is 0.0838. The van der Waals surface area contributed by atoms with E-state index in [-0.39, 0.29) is 18.6 Å². The molecule has 11 nitrogen and oxygen atoms in total. The van der Waals surface area contributed by atoms with E-state index in [0.717, 1.165) is 0 Å². The molecule has 1 aliphatic heterocycles. The Labute approximate surface area is 197 Å². The maximum absolute atomic E-state index is 13.6. The van der Waals surface area contributed by atoms with Crippen molar-refractivity contribution in [3.8, 4) is 5.75 Å². The molecule has 0 radical (unpaired) electrons. The van der Waals surface area contributed by atoms with Gasteiger partial charge in [0.05, 0.1) is 18.8 Å². The third-order valence-electron chi connectivity index (χ3n) is 5.04. The molecule has 0 spiro atoms. The predicted octanol–water partition coefficient (Wildman–Crippen LogP) is 2.59. The van der Waals surface area contributed by atoms with Gasteiger partial charge in [-0.25, -0.2) is 9.36 Å². The minimum atomic E-state index is -4.02. The molecule has 2 N–H and O–H groups in total. The number of aromatic amines is 1. The van der Waals surface area contributed by atoms with Crippen LogP contribution in [0.4, 0.5) is 0 Å². The third kappa shape index (κ3) is 6.89. The number of nitrogens with one attached hydrogen (secondary N) is 2. The van der Waals surface area contributed by atoms with Gasteiger partial charge in [-0.15, -0.1) is 0 Å². The first-order chi connectivity index (χ1) is 16.1. The number of carbonyl (C=O) groups is 1. The summed E-state index contributed by atoms with van der Waals surface area (Å²) in [5.41, 5.74) is -1.08. The van der Waals surface area contributed by atoms with Crippen LogP contribution in [0, 0.1) is 5.92 Å². The van der Waals surface area contributed by atoms with E-state index in [0.29, 0.717) is 12.2 Å². The Bertz CT molecular complexity index is 1130. The van der Waals surface area contributed by atoms with Crippen LogP contribution >= 0.6 is 7.75 Å². The summed E-state index contributed by atoms with van der Waals surface area (Å²) >= 11 is 0. The Hall–Kier alpha value is -2.72. The van der Waals surface area contributed by atoms with E-state index in [2.05, 4.69) is 10.1 Å². The van der Waals surface area contributed by atoms with E-state index >= 15 is 0 Å². The molecule has 12 heteroatoms. The second kappa shape index (κ2) is 11.1. The number of carbonyl (C=O) groups excluding carboxylic acids is 1. The maximum atomic E-state index is 13.6. The summed E-state index contributed by atoms with van der Waals surface area (Å²) in [4.78, 5) is 37.9. The van der Waals surface area contributed by atoms with E-state index in [1.165, 1.54) is 23.8 Å². The van der Waals surface area contributed by atoms with Crippen molar-refractivity contribution in [2.45, 2.75) is 58.6 Å². The number of hydrogen-bond acceptors (Lipinski definition) is 8. The summed E-state index contributed by atoms with van der Waals surface area (Å²) < 4.78 is 37.3. The Morgan fingerprint density at radius 3 is 2.59 bits per heavy atom. The van der Waals surface area contributed by atoms with Crippen molar-refractivity contribution in [2.24, 2.45) is 5.92 Å². The SMILES string of the molecule is CC(C)OC(=O)C(C)NP(=O)(OCC1CC(C)C(n2ccc(=O)[nH]c2=O)O1)Oc1ccccc1. The Kier molecular flexibility index (Phi) is 8.48. The average molecular weight is 495 g/mol. The van der Waals surface area contributed by atoms with Gasteiger partial charge in [0.25, 0.3) is 5.56 Å². The molecule has 2 aromatic rings. The fourth-order valence-corrected chi connectivity index (χ4v) is 5.03. The molecule has 1 aliphatic rings. The van der Waals surface area contributed by atoms with Crippen LogP contribution in [0.25, 0.3) is 0 Å². The normalized spacial score (nSPS) is 22.8. The predicted molar refractivity (Wildman–Crippen MR) is 123 cm³/mol. The lowest BCUT2D eigenvalue weighted by Gasteiger charge is -2.24. The number of nitrogens with zero attached hydrogens (tertiary/aromatic N) is 1. The Balaban J connectivity index is 1.71. The number of rotatable bonds is 10. The van der Waals surface area contributed by atoms with E-state index in [1.54, 1.807) is 44.2 Å². The number of benzene rings is 1. The Morgan fingerprint density at radius 1 is 1.24 bits per heavy atom. The zero-order valence-corrected chi connectivity index (χ0v) is 20.4. The van der Waals surface area contributed by atoms with E-state index in [1.807, 2.05) is 6.92 Å². The molecule has 1 fully saturated rings. The van der Waals surface area contributed by atoms with Crippen molar-refractivity contribution in [1.29, 1.82) is 0 Å². The monoisotopic (exact) mass is 495 g/mol. The highest BCUT2D eigenvalue weighted by molar-refractivity contribution is 7.52. The van der Waals surface area contributed by atoms with Gasteiger partial charge in [-0.1, -0.05) is 25.1 Å². The molecular formula is C22H30N3O8P. The summed E-state index contributed by atoms with van der Waals surface area (Å²) in [6.07, 6.45) is 0.408. The smallest absolute Gasteiger partial charge is 0.459 e. The molecule has 1 aromatic carbocycles. The molecule has 0 amide bonds. The molecule has 1 aromatic heterocycles. The van der Waals surface area contributed by atoms with Crippen molar-refractivity contribution >= 4 is 13.7 Å². The van der Waals surface area contributed by atoms with Crippen LogP contribution < -0.4 is 20.9 Å². The standard InChI is InChI=1S/C22H30N3O8P/c1-14(2)31-21(27)16(4)24-34(29,33-17-8-6-5-7-9-17)30-13-18-12-15(3)20(32-18)25-11-10-19(26)23-22(25)28/h5-11,14-16,18,20H,12-13H2,1-4H3,(H,24,29)(H,23,26,28). The lowest BCUT2D eigenvalue weighted by atomic mass is 10.1. The number of hydrogen-bond donors (Lipinski definition) is 2. The zero-order valence-electron chi connectivity index (χ0n) is 19.5. The topological polar surface area (TPSA) is 138 Å². The minimum Gasteiger partial charge on any atom is -0.462 e. The quantitative estimate of drug-likeness (QED) is 0.376. The van der Waals surface area contributed by atoms with Crippen molar-refractivity contribution in [2.75, 3.05) is 6.61 Å². The average Bonchev–Trinajstić information content (AvgIpc) is 3.13. The van der Waals surface area contributed by atoms with Crippen LogP contribution in [0.5, 0.6) is 5.75 Å². The molecule has 0 bridgehead atoms. The molecule has 5 unspecified atom stereocenters. The third-order valence-corrected chi connectivity index (χ3v) is 6.68. The van der Waals surface area contributed by atoms with Gasteiger partial charge >= 0.3 is 19.4 Å². The highest BCUT2D eigenvalue weighted by Crippen LogP contribution is 2.46. The largest absolute Gasteiger partial charge is 0.462 e. The van der Waals surface area contributed by atoms with Crippen LogP contribution in [0.1, 0.15) is 40.3 Å². The zero-order chi connectivity index (χ0) is 24.9. The summed E-state index contributed by atoms with van der Waals surface area (Å²) in [5.74, 6) is -0.389. The molecule has 3 rings (SSSR count). The number of esters is 1. The lowest BCUT2D eigenvalue weighted by molar-refractivity contribution is -0.149. The van der Waals surface area contributed by atoms with Gasteiger partial charge in [-0.2, -0.15) is 5.09 Å². The second-order valence-corrected chi connectivity index (χ2v) is 10.1.